The predicted octanol–water partition coefficient (Wildman–Crippen LogP) is 0.877. The molecule has 1 rings (SSSR count). The molecular weight excluding hydrogens is 204 g/mol. The monoisotopic (exact) mass is 224 g/mol. The van der Waals surface area contributed by atoms with E-state index in [0.717, 1.165) is 18.8 Å². The molecule has 0 aliphatic carbocycles. The van der Waals surface area contributed by atoms with Crippen molar-refractivity contribution in [3.63, 3.8) is 0 Å². The molecule has 1 aromatic heterocycles. The Balaban J connectivity index is 2.19. The summed E-state index contributed by atoms with van der Waals surface area (Å²) in [5, 5.41) is 12.7. The molecule has 0 saturated carbocycles. The molecule has 1 unspecified atom stereocenters. The Labute approximate surface area is 96.7 Å². The smallest absolute Gasteiger partial charge is 0.0785 e. The molecule has 1 atom stereocenters. The molecule has 1 heterocycles. The van der Waals surface area contributed by atoms with E-state index >= 15 is 0 Å². The number of pyridine rings is 1. The van der Waals surface area contributed by atoms with Gasteiger partial charge in [0.05, 0.1) is 12.7 Å². The van der Waals surface area contributed by atoms with Crippen molar-refractivity contribution >= 4 is 0 Å². The molecule has 0 saturated heterocycles. The van der Waals surface area contributed by atoms with Gasteiger partial charge in [-0.1, -0.05) is 6.07 Å². The summed E-state index contributed by atoms with van der Waals surface area (Å²) < 4.78 is 4.85. The van der Waals surface area contributed by atoms with Crippen molar-refractivity contribution in [1.29, 1.82) is 0 Å². The maximum absolute atomic E-state index is 9.42. The van der Waals surface area contributed by atoms with Gasteiger partial charge in [-0.3, -0.25) is 4.98 Å². The first kappa shape index (κ1) is 13.1. The van der Waals surface area contributed by atoms with Gasteiger partial charge in [-0.2, -0.15) is 0 Å². The van der Waals surface area contributed by atoms with Crippen molar-refractivity contribution in [3.05, 3.63) is 29.6 Å². The molecule has 0 amide bonds. The molecule has 0 aliphatic rings. The Kier molecular flexibility index (Phi) is 6.00. The van der Waals surface area contributed by atoms with Crippen molar-refractivity contribution in [3.8, 4) is 0 Å². The van der Waals surface area contributed by atoms with Gasteiger partial charge in [-0.05, 0) is 31.5 Å². The molecule has 0 spiro atoms. The zero-order valence-corrected chi connectivity index (χ0v) is 9.94. The Hall–Kier alpha value is -0.970. The minimum atomic E-state index is -0.382. The first-order valence-corrected chi connectivity index (χ1v) is 5.52. The van der Waals surface area contributed by atoms with Gasteiger partial charge in [0.15, 0.2) is 0 Å². The molecule has 0 bridgehead atoms. The number of aromatic nitrogens is 1. The van der Waals surface area contributed by atoms with Gasteiger partial charge in [-0.25, -0.2) is 0 Å². The maximum Gasteiger partial charge on any atom is 0.0785 e. The fourth-order valence-electron chi connectivity index (χ4n) is 1.47. The van der Waals surface area contributed by atoms with Gasteiger partial charge in [0.1, 0.15) is 0 Å². The largest absolute Gasteiger partial charge is 0.391 e. The molecule has 0 aromatic carbocycles. The van der Waals surface area contributed by atoms with E-state index < -0.39 is 0 Å². The van der Waals surface area contributed by atoms with Crippen LogP contribution in [0.2, 0.25) is 0 Å². The number of aryl methyl sites for hydroxylation is 1. The number of methoxy groups -OCH3 is 1. The molecule has 4 heteroatoms. The van der Waals surface area contributed by atoms with Crippen LogP contribution in [0.25, 0.3) is 0 Å². The minimum absolute atomic E-state index is 0.382. The molecule has 2 N–H and O–H groups in total. The van der Waals surface area contributed by atoms with Gasteiger partial charge in [0.25, 0.3) is 0 Å². The number of aliphatic hydroxyl groups excluding tert-OH is 1. The summed E-state index contributed by atoms with van der Waals surface area (Å²) in [5.41, 5.74) is 2.25. The van der Waals surface area contributed by atoms with E-state index in [0.29, 0.717) is 13.0 Å². The van der Waals surface area contributed by atoms with Crippen LogP contribution in [0.1, 0.15) is 17.7 Å². The quantitative estimate of drug-likeness (QED) is 0.675. The third-order valence-electron chi connectivity index (χ3n) is 2.45. The number of hydrogen-bond donors (Lipinski definition) is 2. The average molecular weight is 224 g/mol. The lowest BCUT2D eigenvalue weighted by Crippen LogP contribution is -2.23. The van der Waals surface area contributed by atoms with Crippen molar-refractivity contribution < 1.29 is 9.84 Å². The van der Waals surface area contributed by atoms with Crippen LogP contribution in [0.15, 0.2) is 18.3 Å². The first-order chi connectivity index (χ1) is 7.74. The lowest BCUT2D eigenvalue weighted by molar-refractivity contribution is 0.0594. The van der Waals surface area contributed by atoms with Crippen LogP contribution in [0.5, 0.6) is 0 Å². The predicted molar refractivity (Wildman–Crippen MR) is 63.2 cm³/mol. The zero-order valence-electron chi connectivity index (χ0n) is 9.94. The molecular formula is C12H20N2O2. The van der Waals surface area contributed by atoms with Crippen LogP contribution < -0.4 is 5.32 Å². The number of aliphatic hydroxyl groups is 1. The lowest BCUT2D eigenvalue weighted by Gasteiger charge is -2.10. The highest BCUT2D eigenvalue weighted by Crippen LogP contribution is 2.02. The van der Waals surface area contributed by atoms with E-state index in [1.165, 1.54) is 5.56 Å². The van der Waals surface area contributed by atoms with Crippen LogP contribution in [-0.2, 0) is 11.3 Å². The van der Waals surface area contributed by atoms with Crippen LogP contribution in [-0.4, -0.2) is 36.5 Å². The van der Waals surface area contributed by atoms with Gasteiger partial charge in [0, 0.05) is 25.5 Å². The highest BCUT2D eigenvalue weighted by Gasteiger charge is 2.02. The lowest BCUT2D eigenvalue weighted by atomic mass is 10.2. The highest BCUT2D eigenvalue weighted by atomic mass is 16.5. The first-order valence-electron chi connectivity index (χ1n) is 5.52. The second-order valence-corrected chi connectivity index (χ2v) is 3.82. The number of hydrogen-bond acceptors (Lipinski definition) is 4. The van der Waals surface area contributed by atoms with E-state index in [1.807, 2.05) is 13.0 Å². The Morgan fingerprint density at radius 1 is 1.56 bits per heavy atom. The summed E-state index contributed by atoms with van der Waals surface area (Å²) in [6.07, 6.45) is 2.11. The molecule has 16 heavy (non-hydrogen) atoms. The number of nitrogens with zero attached hydrogens (tertiary/aromatic N) is 1. The molecule has 0 aliphatic heterocycles. The second kappa shape index (κ2) is 7.33. The maximum atomic E-state index is 9.42. The van der Waals surface area contributed by atoms with E-state index in [-0.39, 0.29) is 6.10 Å². The standard InChI is InChI=1S/C12H20N2O2/c1-10-11(4-3-6-14-10)8-13-7-5-12(15)9-16-2/h3-4,6,12-13,15H,5,7-9H2,1-2H3. The van der Waals surface area contributed by atoms with Crippen LogP contribution in [0, 0.1) is 6.92 Å². The summed E-state index contributed by atoms with van der Waals surface area (Å²) in [6.45, 7) is 3.96. The summed E-state index contributed by atoms with van der Waals surface area (Å²) in [7, 11) is 1.59. The molecule has 0 radical (unpaired) electrons. The highest BCUT2D eigenvalue weighted by molar-refractivity contribution is 5.17. The van der Waals surface area contributed by atoms with Crippen molar-refractivity contribution in [2.24, 2.45) is 0 Å². The van der Waals surface area contributed by atoms with E-state index in [1.54, 1.807) is 13.3 Å². The third kappa shape index (κ3) is 4.70. The Morgan fingerprint density at radius 3 is 3.06 bits per heavy atom. The molecule has 4 nitrogen and oxygen atoms in total. The van der Waals surface area contributed by atoms with E-state index in [2.05, 4.69) is 16.4 Å². The summed E-state index contributed by atoms with van der Waals surface area (Å²) >= 11 is 0. The van der Waals surface area contributed by atoms with Crippen LogP contribution in [0.3, 0.4) is 0 Å². The van der Waals surface area contributed by atoms with Gasteiger partial charge in [0.2, 0.25) is 0 Å². The van der Waals surface area contributed by atoms with Gasteiger partial charge < -0.3 is 15.2 Å². The summed E-state index contributed by atoms with van der Waals surface area (Å²) in [5.74, 6) is 0. The SMILES string of the molecule is COCC(O)CCNCc1cccnc1C. The Bertz CT molecular complexity index is 305. The molecule has 1 aromatic rings. The number of ether oxygens (including phenoxy) is 1. The minimum Gasteiger partial charge on any atom is -0.391 e. The summed E-state index contributed by atoms with van der Waals surface area (Å²) in [4.78, 5) is 4.21. The van der Waals surface area contributed by atoms with Crippen LogP contribution >= 0.6 is 0 Å². The van der Waals surface area contributed by atoms with Gasteiger partial charge in [-0.15, -0.1) is 0 Å². The molecule has 0 fully saturated rings. The molecule has 90 valence electrons. The van der Waals surface area contributed by atoms with Gasteiger partial charge >= 0.3 is 0 Å². The van der Waals surface area contributed by atoms with E-state index in [9.17, 15) is 5.11 Å². The fourth-order valence-corrected chi connectivity index (χ4v) is 1.47. The summed E-state index contributed by atoms with van der Waals surface area (Å²) in [6, 6.07) is 3.99. The topological polar surface area (TPSA) is 54.4 Å². The van der Waals surface area contributed by atoms with Crippen LogP contribution in [0.4, 0.5) is 0 Å². The van der Waals surface area contributed by atoms with Crippen molar-refractivity contribution in [2.75, 3.05) is 20.3 Å². The average Bonchev–Trinajstić information content (AvgIpc) is 2.27. The number of nitrogens with one attached hydrogen (secondary N) is 1. The zero-order chi connectivity index (χ0) is 11.8. The van der Waals surface area contributed by atoms with Crippen molar-refractivity contribution in [1.82, 2.24) is 10.3 Å². The van der Waals surface area contributed by atoms with Crippen molar-refractivity contribution in [2.45, 2.75) is 26.0 Å². The third-order valence-corrected chi connectivity index (χ3v) is 2.45. The van der Waals surface area contributed by atoms with E-state index in [4.69, 9.17) is 4.74 Å². The fraction of sp³-hybridized carbons (Fsp3) is 0.583. The normalized spacial score (nSPS) is 12.7. The number of rotatable bonds is 7. The second-order valence-electron chi connectivity index (χ2n) is 3.82. The Morgan fingerprint density at radius 2 is 2.38 bits per heavy atom.